The van der Waals surface area contributed by atoms with Gasteiger partial charge in [-0.25, -0.2) is 34.4 Å². The monoisotopic (exact) mass is 490 g/mol. The maximum Gasteiger partial charge on any atom is 0.212 e. The van der Waals surface area contributed by atoms with Crippen LogP contribution in [0.15, 0.2) is 68.1 Å². The van der Waals surface area contributed by atoms with Crippen molar-refractivity contribution in [2.24, 2.45) is 0 Å². The fourth-order valence-corrected chi connectivity index (χ4v) is 5.57. The molecule has 3 aromatic carbocycles. The molecule has 0 fully saturated rings. The Hall–Kier alpha value is -3.12. The van der Waals surface area contributed by atoms with Crippen molar-refractivity contribution in [1.29, 1.82) is 0 Å². The van der Waals surface area contributed by atoms with E-state index in [1.54, 1.807) is 0 Å². The summed E-state index contributed by atoms with van der Waals surface area (Å²) in [6.07, 6.45) is 0. The lowest BCUT2D eigenvalue weighted by Crippen LogP contribution is -2.17. The smallest absolute Gasteiger partial charge is 0.212 e. The van der Waals surface area contributed by atoms with Gasteiger partial charge in [0.05, 0.1) is 24.0 Å². The largest absolute Gasteiger partial charge is 0.497 e. The minimum Gasteiger partial charge on any atom is -0.497 e. The van der Waals surface area contributed by atoms with Crippen LogP contribution in [0.4, 0.5) is 17.6 Å². The third kappa shape index (κ3) is 3.79. The second-order valence-corrected chi connectivity index (χ2v) is 10.0. The topological polar surface area (TPSA) is 86.7 Å². The van der Waals surface area contributed by atoms with Gasteiger partial charge >= 0.3 is 0 Å². The second kappa shape index (κ2) is 8.43. The Labute approximate surface area is 180 Å². The highest BCUT2D eigenvalue weighted by atomic mass is 32.2. The quantitative estimate of drug-likeness (QED) is 0.385. The van der Waals surface area contributed by atoms with Gasteiger partial charge in [-0.2, -0.15) is 0 Å². The molecule has 0 N–H and O–H groups in total. The number of methoxy groups -OCH3 is 2. The predicted molar refractivity (Wildman–Crippen MR) is 103 cm³/mol. The first-order chi connectivity index (χ1) is 15.0. The first kappa shape index (κ1) is 23.5. The highest BCUT2D eigenvalue weighted by Gasteiger charge is 2.38. The summed E-state index contributed by atoms with van der Waals surface area (Å²) in [6, 6.07) is 8.23. The van der Waals surface area contributed by atoms with E-state index < -0.39 is 62.5 Å². The number of ether oxygens (including phenoxy) is 2. The molecule has 0 atom stereocenters. The van der Waals surface area contributed by atoms with Crippen LogP contribution in [-0.4, -0.2) is 31.1 Å². The standard InChI is InChI=1S/C20H14F4O6S2/c1-29-11-3-7-13(8-4-11)31(25,26)19-15(21)17(23)20(18(24)16(19)22)32(27,28)14-9-5-12(30-2)6-10-14/h3-10H,1-2H3. The lowest BCUT2D eigenvalue weighted by Gasteiger charge is -2.13. The molecule has 0 saturated heterocycles. The average Bonchev–Trinajstić information content (AvgIpc) is 2.77. The van der Waals surface area contributed by atoms with Crippen molar-refractivity contribution in [1.82, 2.24) is 0 Å². The molecule has 3 rings (SSSR count). The van der Waals surface area contributed by atoms with Crippen molar-refractivity contribution in [3.63, 3.8) is 0 Å². The zero-order valence-corrected chi connectivity index (χ0v) is 18.0. The summed E-state index contributed by atoms with van der Waals surface area (Å²) >= 11 is 0. The molecule has 0 spiro atoms. The van der Waals surface area contributed by atoms with Crippen LogP contribution in [0.5, 0.6) is 11.5 Å². The lowest BCUT2D eigenvalue weighted by atomic mass is 10.3. The van der Waals surface area contributed by atoms with Crippen molar-refractivity contribution in [3.05, 3.63) is 71.8 Å². The molecule has 6 nitrogen and oxygen atoms in total. The Kier molecular flexibility index (Phi) is 6.20. The van der Waals surface area contributed by atoms with Crippen molar-refractivity contribution in [2.75, 3.05) is 14.2 Å². The Morgan fingerprint density at radius 2 is 0.781 bits per heavy atom. The first-order valence-electron chi connectivity index (χ1n) is 8.61. The number of benzene rings is 3. The predicted octanol–water partition coefficient (Wildman–Crippen LogP) is 3.93. The molecule has 0 aromatic heterocycles. The van der Waals surface area contributed by atoms with Gasteiger partial charge in [0.2, 0.25) is 19.7 Å². The molecule has 170 valence electrons. The molecule has 0 saturated carbocycles. The third-order valence-electron chi connectivity index (χ3n) is 4.46. The highest BCUT2D eigenvalue weighted by Crippen LogP contribution is 2.36. The molecule has 0 heterocycles. The van der Waals surface area contributed by atoms with Crippen LogP contribution >= 0.6 is 0 Å². The second-order valence-electron chi connectivity index (χ2n) is 6.27. The fourth-order valence-electron chi connectivity index (χ4n) is 2.81. The van der Waals surface area contributed by atoms with Gasteiger partial charge in [0.15, 0.2) is 23.3 Å². The van der Waals surface area contributed by atoms with E-state index in [-0.39, 0.29) is 11.5 Å². The zero-order chi connectivity index (χ0) is 23.8. The van der Waals surface area contributed by atoms with E-state index in [1.165, 1.54) is 14.2 Å². The van der Waals surface area contributed by atoms with Gasteiger partial charge in [-0.05, 0) is 48.5 Å². The van der Waals surface area contributed by atoms with Crippen molar-refractivity contribution >= 4 is 19.7 Å². The molecule has 32 heavy (non-hydrogen) atoms. The molecule has 0 bridgehead atoms. The number of hydrogen-bond donors (Lipinski definition) is 0. The van der Waals surface area contributed by atoms with Crippen LogP contribution in [0.1, 0.15) is 0 Å². The molecule has 0 aliphatic rings. The van der Waals surface area contributed by atoms with Crippen molar-refractivity contribution in [2.45, 2.75) is 19.6 Å². The lowest BCUT2D eigenvalue weighted by molar-refractivity contribution is 0.390. The van der Waals surface area contributed by atoms with E-state index in [9.17, 15) is 34.4 Å². The zero-order valence-electron chi connectivity index (χ0n) is 16.4. The average molecular weight is 490 g/mol. The summed E-state index contributed by atoms with van der Waals surface area (Å²) < 4.78 is 119. The molecule has 12 heteroatoms. The maximum absolute atomic E-state index is 14.7. The van der Waals surface area contributed by atoms with Crippen molar-refractivity contribution < 1.29 is 43.9 Å². The molecular weight excluding hydrogens is 476 g/mol. The summed E-state index contributed by atoms with van der Waals surface area (Å²) in [5.41, 5.74) is 0. The van der Waals surface area contributed by atoms with Gasteiger partial charge in [-0.1, -0.05) is 0 Å². The number of rotatable bonds is 6. The summed E-state index contributed by atoms with van der Waals surface area (Å²) in [4.78, 5) is -5.29. The summed E-state index contributed by atoms with van der Waals surface area (Å²) in [5.74, 6) is -9.05. The Morgan fingerprint density at radius 3 is 1.00 bits per heavy atom. The molecule has 0 radical (unpaired) electrons. The Bertz CT molecular complexity index is 1250. The van der Waals surface area contributed by atoms with Crippen LogP contribution in [0.2, 0.25) is 0 Å². The van der Waals surface area contributed by atoms with Crippen LogP contribution in [-0.2, 0) is 19.7 Å². The fraction of sp³-hybridized carbons (Fsp3) is 0.100. The van der Waals surface area contributed by atoms with Gasteiger partial charge in [0.1, 0.15) is 21.3 Å². The maximum atomic E-state index is 14.7. The molecule has 0 aliphatic carbocycles. The van der Waals surface area contributed by atoms with E-state index in [2.05, 4.69) is 0 Å². The third-order valence-corrected chi connectivity index (χ3v) is 8.04. The minimum absolute atomic E-state index is 0.211. The number of halogens is 4. The Morgan fingerprint density at radius 1 is 0.531 bits per heavy atom. The SMILES string of the molecule is COc1ccc(S(=O)(=O)c2c(F)c(F)c(S(=O)(=O)c3ccc(OC)cc3)c(F)c2F)cc1. The van der Waals surface area contributed by atoms with Crippen LogP contribution < -0.4 is 9.47 Å². The molecule has 0 amide bonds. The van der Waals surface area contributed by atoms with E-state index in [0.29, 0.717) is 0 Å². The van der Waals surface area contributed by atoms with Gasteiger partial charge in [-0.15, -0.1) is 0 Å². The van der Waals surface area contributed by atoms with E-state index in [4.69, 9.17) is 9.47 Å². The molecule has 0 unspecified atom stereocenters. The van der Waals surface area contributed by atoms with E-state index in [1.807, 2.05) is 0 Å². The highest BCUT2D eigenvalue weighted by molar-refractivity contribution is 7.92. The number of sulfone groups is 2. The minimum atomic E-state index is -5.10. The van der Waals surface area contributed by atoms with Gasteiger partial charge in [-0.3, -0.25) is 0 Å². The van der Waals surface area contributed by atoms with E-state index >= 15 is 0 Å². The number of hydrogen-bond acceptors (Lipinski definition) is 6. The first-order valence-corrected chi connectivity index (χ1v) is 11.6. The normalized spacial score (nSPS) is 11.9. The molecule has 0 aliphatic heterocycles. The van der Waals surface area contributed by atoms with Crippen LogP contribution in [0.3, 0.4) is 0 Å². The van der Waals surface area contributed by atoms with Gasteiger partial charge in [0, 0.05) is 0 Å². The molecular formula is C20H14F4O6S2. The molecule has 3 aromatic rings. The summed E-state index contributed by atoms with van der Waals surface area (Å²) in [5, 5.41) is 0. The summed E-state index contributed by atoms with van der Waals surface area (Å²) in [6.45, 7) is 0. The van der Waals surface area contributed by atoms with Crippen LogP contribution in [0.25, 0.3) is 0 Å². The van der Waals surface area contributed by atoms with Gasteiger partial charge in [0.25, 0.3) is 0 Å². The summed E-state index contributed by atoms with van der Waals surface area (Å²) in [7, 11) is -7.63. The Balaban J connectivity index is 2.24. The van der Waals surface area contributed by atoms with Crippen molar-refractivity contribution in [3.8, 4) is 11.5 Å². The van der Waals surface area contributed by atoms with Gasteiger partial charge < -0.3 is 9.47 Å². The van der Waals surface area contributed by atoms with E-state index in [0.717, 1.165) is 48.5 Å². The van der Waals surface area contributed by atoms with Crippen LogP contribution in [0, 0.1) is 23.3 Å².